The van der Waals surface area contributed by atoms with Crippen molar-refractivity contribution in [2.75, 3.05) is 81.0 Å². The van der Waals surface area contributed by atoms with Crippen LogP contribution in [-0.4, -0.2) is 87.0 Å². The van der Waals surface area contributed by atoms with Gasteiger partial charge < -0.3 is 28.7 Å². The lowest BCUT2D eigenvalue weighted by Gasteiger charge is -2.30. The van der Waals surface area contributed by atoms with Crippen LogP contribution in [0.25, 0.3) is 0 Å². The standard InChI is InChI=1S/C23H31N7O4/c1-3-11-34-19-6-5-18(16-20(19)33-4-2)17-24-28-21-25-22(29-7-12-31-13-8-29)27-23(26-21)30-9-14-32-15-10-30/h3,5-6,16-17H,1,4,7-15H2,2H3,(H,25,26,27,28)/b24-17-. The highest BCUT2D eigenvalue weighted by atomic mass is 16.5. The summed E-state index contributed by atoms with van der Waals surface area (Å²) in [7, 11) is 0. The van der Waals surface area contributed by atoms with Gasteiger partial charge >= 0.3 is 0 Å². The average Bonchev–Trinajstić information content (AvgIpc) is 2.89. The highest BCUT2D eigenvalue weighted by Crippen LogP contribution is 2.28. The fourth-order valence-electron chi connectivity index (χ4n) is 3.52. The molecule has 1 N–H and O–H groups in total. The van der Waals surface area contributed by atoms with E-state index in [1.165, 1.54) is 0 Å². The van der Waals surface area contributed by atoms with Crippen LogP contribution in [0.1, 0.15) is 12.5 Å². The van der Waals surface area contributed by atoms with Gasteiger partial charge in [0.2, 0.25) is 17.8 Å². The fourth-order valence-corrected chi connectivity index (χ4v) is 3.52. The molecular weight excluding hydrogens is 438 g/mol. The van der Waals surface area contributed by atoms with Crippen LogP contribution in [0.3, 0.4) is 0 Å². The molecule has 11 nitrogen and oxygen atoms in total. The number of benzene rings is 1. The number of nitrogens with zero attached hydrogens (tertiary/aromatic N) is 6. The smallest absolute Gasteiger partial charge is 0.250 e. The van der Waals surface area contributed by atoms with Gasteiger partial charge in [-0.1, -0.05) is 12.7 Å². The topological polar surface area (TPSA) is 106 Å². The van der Waals surface area contributed by atoms with Gasteiger partial charge in [0.15, 0.2) is 11.5 Å². The predicted octanol–water partition coefficient (Wildman–Crippen LogP) is 1.95. The Hall–Kier alpha value is -3.44. The van der Waals surface area contributed by atoms with Crippen molar-refractivity contribution in [3.05, 3.63) is 36.4 Å². The van der Waals surface area contributed by atoms with Crippen LogP contribution in [0.15, 0.2) is 36.0 Å². The highest BCUT2D eigenvalue weighted by molar-refractivity contribution is 5.81. The molecule has 0 saturated carbocycles. The summed E-state index contributed by atoms with van der Waals surface area (Å²) in [5.41, 5.74) is 3.80. The van der Waals surface area contributed by atoms with Crippen molar-refractivity contribution in [2.45, 2.75) is 6.92 Å². The minimum atomic E-state index is 0.380. The van der Waals surface area contributed by atoms with E-state index in [2.05, 4.69) is 36.9 Å². The van der Waals surface area contributed by atoms with E-state index >= 15 is 0 Å². The summed E-state index contributed by atoms with van der Waals surface area (Å²) in [5, 5.41) is 4.35. The molecule has 0 radical (unpaired) electrons. The molecule has 2 fully saturated rings. The molecule has 0 spiro atoms. The number of hydrazone groups is 1. The largest absolute Gasteiger partial charge is 0.490 e. The van der Waals surface area contributed by atoms with Crippen LogP contribution < -0.4 is 24.7 Å². The van der Waals surface area contributed by atoms with Crippen molar-refractivity contribution in [1.29, 1.82) is 0 Å². The number of anilines is 3. The summed E-state index contributed by atoms with van der Waals surface area (Å²) in [6, 6.07) is 5.63. The Kier molecular flexibility index (Phi) is 8.47. The van der Waals surface area contributed by atoms with E-state index in [0.717, 1.165) is 31.7 Å². The van der Waals surface area contributed by atoms with Gasteiger partial charge in [-0.2, -0.15) is 20.1 Å². The van der Waals surface area contributed by atoms with Crippen LogP contribution >= 0.6 is 0 Å². The quantitative estimate of drug-likeness (QED) is 0.315. The molecule has 0 unspecified atom stereocenters. The van der Waals surface area contributed by atoms with E-state index in [1.54, 1.807) is 12.3 Å². The summed E-state index contributed by atoms with van der Waals surface area (Å²) >= 11 is 0. The van der Waals surface area contributed by atoms with Gasteiger partial charge in [0.1, 0.15) is 6.61 Å². The second-order valence-corrected chi connectivity index (χ2v) is 7.57. The van der Waals surface area contributed by atoms with Crippen molar-refractivity contribution >= 4 is 24.1 Å². The molecule has 4 rings (SSSR count). The molecule has 3 heterocycles. The van der Waals surface area contributed by atoms with Crippen LogP contribution in [0.5, 0.6) is 11.5 Å². The number of rotatable bonds is 10. The molecule has 2 aliphatic rings. The Labute approximate surface area is 199 Å². The molecule has 0 amide bonds. The Balaban J connectivity index is 1.51. The predicted molar refractivity (Wildman–Crippen MR) is 130 cm³/mol. The van der Waals surface area contributed by atoms with Crippen LogP contribution in [0.4, 0.5) is 17.8 Å². The second kappa shape index (κ2) is 12.1. The van der Waals surface area contributed by atoms with Crippen LogP contribution in [0.2, 0.25) is 0 Å². The van der Waals surface area contributed by atoms with E-state index in [-0.39, 0.29) is 0 Å². The zero-order valence-corrected chi connectivity index (χ0v) is 19.5. The number of hydrogen-bond acceptors (Lipinski definition) is 11. The summed E-state index contributed by atoms with van der Waals surface area (Å²) < 4.78 is 22.3. The van der Waals surface area contributed by atoms with E-state index in [0.29, 0.717) is 69.0 Å². The fraction of sp³-hybridized carbons (Fsp3) is 0.478. The minimum absolute atomic E-state index is 0.380. The van der Waals surface area contributed by atoms with Gasteiger partial charge in [-0.05, 0) is 30.7 Å². The molecule has 34 heavy (non-hydrogen) atoms. The number of morpholine rings is 2. The molecule has 2 aromatic rings. The molecule has 11 heteroatoms. The maximum absolute atomic E-state index is 5.70. The lowest BCUT2D eigenvalue weighted by Crippen LogP contribution is -2.40. The van der Waals surface area contributed by atoms with Crippen molar-refractivity contribution in [3.8, 4) is 11.5 Å². The maximum Gasteiger partial charge on any atom is 0.250 e. The van der Waals surface area contributed by atoms with Gasteiger partial charge in [-0.15, -0.1) is 0 Å². The zero-order chi connectivity index (χ0) is 23.6. The number of nitrogens with one attached hydrogen (secondary N) is 1. The number of aromatic nitrogens is 3. The summed E-state index contributed by atoms with van der Waals surface area (Å²) in [6.07, 6.45) is 3.38. The number of ether oxygens (including phenoxy) is 4. The third kappa shape index (κ3) is 6.33. The molecule has 0 bridgehead atoms. The monoisotopic (exact) mass is 469 g/mol. The molecule has 1 aromatic heterocycles. The molecule has 2 saturated heterocycles. The van der Waals surface area contributed by atoms with Gasteiger partial charge in [-0.3, -0.25) is 0 Å². The number of hydrogen-bond donors (Lipinski definition) is 1. The lowest BCUT2D eigenvalue weighted by molar-refractivity contribution is 0.121. The molecular formula is C23H31N7O4. The Morgan fingerprint density at radius 2 is 1.62 bits per heavy atom. The van der Waals surface area contributed by atoms with E-state index < -0.39 is 0 Å². The van der Waals surface area contributed by atoms with Crippen molar-refractivity contribution in [3.63, 3.8) is 0 Å². The average molecular weight is 470 g/mol. The van der Waals surface area contributed by atoms with Gasteiger partial charge in [0.25, 0.3) is 0 Å². The highest BCUT2D eigenvalue weighted by Gasteiger charge is 2.20. The van der Waals surface area contributed by atoms with E-state index in [1.807, 2.05) is 25.1 Å². The Bertz CT molecular complexity index is 940. The van der Waals surface area contributed by atoms with Crippen molar-refractivity contribution in [2.24, 2.45) is 5.10 Å². The molecule has 0 aliphatic carbocycles. The minimum Gasteiger partial charge on any atom is -0.490 e. The SMILES string of the molecule is C=CCOc1ccc(/C=N\Nc2nc(N3CCOCC3)nc(N3CCOCC3)n2)cc1OCC. The van der Waals surface area contributed by atoms with Crippen LogP contribution in [-0.2, 0) is 9.47 Å². The van der Waals surface area contributed by atoms with Crippen molar-refractivity contribution < 1.29 is 18.9 Å². The first-order chi connectivity index (χ1) is 16.8. The summed E-state index contributed by atoms with van der Waals surface area (Å²) in [6.45, 7) is 12.1. The first-order valence-corrected chi connectivity index (χ1v) is 11.5. The van der Waals surface area contributed by atoms with Gasteiger partial charge in [0.05, 0.1) is 39.2 Å². The summed E-state index contributed by atoms with van der Waals surface area (Å²) in [5.74, 6) is 2.91. The second-order valence-electron chi connectivity index (χ2n) is 7.57. The third-order valence-electron chi connectivity index (χ3n) is 5.20. The first-order valence-electron chi connectivity index (χ1n) is 11.5. The Morgan fingerprint density at radius 1 is 0.971 bits per heavy atom. The molecule has 182 valence electrons. The zero-order valence-electron chi connectivity index (χ0n) is 19.5. The normalized spacial score (nSPS) is 16.5. The first kappa shape index (κ1) is 23.7. The molecule has 0 atom stereocenters. The van der Waals surface area contributed by atoms with E-state index in [4.69, 9.17) is 23.9 Å². The maximum atomic E-state index is 5.70. The van der Waals surface area contributed by atoms with Gasteiger partial charge in [0, 0.05) is 26.2 Å². The lowest BCUT2D eigenvalue weighted by atomic mass is 10.2. The van der Waals surface area contributed by atoms with Crippen LogP contribution in [0, 0.1) is 0 Å². The van der Waals surface area contributed by atoms with Gasteiger partial charge in [-0.25, -0.2) is 5.43 Å². The molecule has 2 aliphatic heterocycles. The van der Waals surface area contributed by atoms with E-state index in [9.17, 15) is 0 Å². The molecule has 1 aromatic carbocycles. The summed E-state index contributed by atoms with van der Waals surface area (Å²) in [4.78, 5) is 18.1. The third-order valence-corrected chi connectivity index (χ3v) is 5.20. The van der Waals surface area contributed by atoms with Crippen molar-refractivity contribution in [1.82, 2.24) is 15.0 Å². The Morgan fingerprint density at radius 3 is 2.21 bits per heavy atom.